The Kier molecular flexibility index (Phi) is 8.16. The van der Waals surface area contributed by atoms with Gasteiger partial charge in [0.25, 0.3) is 0 Å². The molecule has 1 N–H and O–H groups in total. The summed E-state index contributed by atoms with van der Waals surface area (Å²) >= 11 is 0. The van der Waals surface area contributed by atoms with Crippen molar-refractivity contribution in [2.24, 2.45) is 0 Å². The third-order valence-corrected chi connectivity index (χ3v) is 4.14. The van der Waals surface area contributed by atoms with E-state index in [9.17, 15) is 9.59 Å². The van der Waals surface area contributed by atoms with Gasteiger partial charge in [0.1, 0.15) is 11.4 Å². The minimum absolute atomic E-state index is 0.163. The Morgan fingerprint density at radius 3 is 2.08 bits per heavy atom. The van der Waals surface area contributed by atoms with Gasteiger partial charge in [-0.2, -0.15) is 0 Å². The monoisotopic (exact) mass is 341 g/mol. The molecule has 0 bridgehead atoms. The average Bonchev–Trinajstić information content (AvgIpc) is 2.45. The number of nitrogens with zero attached hydrogens (tertiary/aromatic N) is 2. The lowest BCUT2D eigenvalue weighted by Crippen LogP contribution is -2.55. The Morgan fingerprint density at radius 1 is 1.08 bits per heavy atom. The van der Waals surface area contributed by atoms with Crippen molar-refractivity contribution >= 4 is 11.9 Å². The minimum atomic E-state index is -0.411. The topological polar surface area (TPSA) is 61.9 Å². The van der Waals surface area contributed by atoms with Crippen molar-refractivity contribution in [3.05, 3.63) is 0 Å². The number of nitrogens with one attached hydrogen (secondary N) is 1. The molecule has 0 aliphatic carbocycles. The molecule has 2 aliphatic rings. The van der Waals surface area contributed by atoms with Crippen LogP contribution in [0.5, 0.6) is 0 Å². The van der Waals surface area contributed by atoms with Crippen LogP contribution in [0.25, 0.3) is 0 Å². The summed E-state index contributed by atoms with van der Waals surface area (Å²) in [6, 6.07) is 0.879. The molecule has 2 fully saturated rings. The lowest BCUT2D eigenvalue weighted by Gasteiger charge is -2.43. The number of Topliss-reactive ketones (excluding diaryl/α,β-unsaturated/α-hetero) is 1. The quantitative estimate of drug-likeness (QED) is 0.793. The van der Waals surface area contributed by atoms with Crippen molar-refractivity contribution in [3.8, 4) is 0 Å². The third kappa shape index (κ3) is 7.62. The summed E-state index contributed by atoms with van der Waals surface area (Å²) < 4.78 is 5.49. The van der Waals surface area contributed by atoms with E-state index in [-0.39, 0.29) is 17.9 Å². The van der Waals surface area contributed by atoms with Gasteiger partial charge in [-0.05, 0) is 54.4 Å². The second-order valence-corrected chi connectivity index (χ2v) is 7.90. The first-order valence-electron chi connectivity index (χ1n) is 9.01. The van der Waals surface area contributed by atoms with Gasteiger partial charge in [-0.25, -0.2) is 4.79 Å². The molecule has 0 aromatic heterocycles. The molecule has 0 aromatic rings. The lowest BCUT2D eigenvalue weighted by atomic mass is 9.96. The predicted octanol–water partition coefficient (Wildman–Crippen LogP) is 2.27. The van der Waals surface area contributed by atoms with Crippen LogP contribution >= 0.6 is 0 Å². The minimum Gasteiger partial charge on any atom is -0.444 e. The molecule has 0 spiro atoms. The van der Waals surface area contributed by atoms with E-state index in [0.717, 1.165) is 45.6 Å². The Hall–Kier alpha value is -1.14. The van der Waals surface area contributed by atoms with Crippen molar-refractivity contribution < 1.29 is 14.3 Å². The number of ketones is 1. The van der Waals surface area contributed by atoms with Gasteiger partial charge < -0.3 is 19.7 Å². The molecule has 2 unspecified atom stereocenters. The van der Waals surface area contributed by atoms with E-state index >= 15 is 0 Å². The maximum absolute atomic E-state index is 12.2. The van der Waals surface area contributed by atoms with Gasteiger partial charge in [0.15, 0.2) is 0 Å². The Labute approximate surface area is 146 Å². The smallest absolute Gasteiger partial charge is 0.410 e. The van der Waals surface area contributed by atoms with Crippen LogP contribution in [0.15, 0.2) is 0 Å². The van der Waals surface area contributed by atoms with Crippen molar-refractivity contribution in [1.29, 1.82) is 0 Å². The van der Waals surface area contributed by atoms with Crippen LogP contribution in [0, 0.1) is 0 Å². The zero-order chi connectivity index (χ0) is 18.3. The summed E-state index contributed by atoms with van der Waals surface area (Å²) in [7, 11) is 0. The predicted molar refractivity (Wildman–Crippen MR) is 96.2 cm³/mol. The number of carbonyl (C=O) groups excluding carboxylic acids is 2. The molecule has 2 aliphatic heterocycles. The molecule has 0 saturated carbocycles. The van der Waals surface area contributed by atoms with Crippen molar-refractivity contribution in [1.82, 2.24) is 15.1 Å². The number of hydrogen-bond donors (Lipinski definition) is 1. The zero-order valence-corrected chi connectivity index (χ0v) is 16.2. The third-order valence-electron chi connectivity index (χ3n) is 4.14. The van der Waals surface area contributed by atoms with Gasteiger partial charge >= 0.3 is 6.09 Å². The number of rotatable bonds is 1. The van der Waals surface area contributed by atoms with Gasteiger partial charge in [-0.3, -0.25) is 4.90 Å². The van der Waals surface area contributed by atoms with Crippen LogP contribution < -0.4 is 5.32 Å². The molecule has 1 amide bonds. The van der Waals surface area contributed by atoms with Crippen molar-refractivity contribution in [2.45, 2.75) is 72.1 Å². The summed E-state index contributed by atoms with van der Waals surface area (Å²) in [5.41, 5.74) is -0.411. The molecule has 24 heavy (non-hydrogen) atoms. The molecule has 2 atom stereocenters. The first-order valence-corrected chi connectivity index (χ1v) is 9.01. The molecule has 2 heterocycles. The molecule has 2 rings (SSSR count). The first kappa shape index (κ1) is 20.9. The zero-order valence-electron chi connectivity index (χ0n) is 16.2. The number of hydrogen-bond acceptors (Lipinski definition) is 5. The van der Waals surface area contributed by atoms with E-state index in [4.69, 9.17) is 4.74 Å². The fraction of sp³-hybridized carbons (Fsp3) is 0.889. The van der Waals surface area contributed by atoms with Gasteiger partial charge in [0, 0.05) is 44.8 Å². The number of piperidine rings is 1. The van der Waals surface area contributed by atoms with Crippen molar-refractivity contribution in [2.75, 3.05) is 32.7 Å². The van der Waals surface area contributed by atoms with Crippen molar-refractivity contribution in [3.63, 3.8) is 0 Å². The van der Waals surface area contributed by atoms with Crippen LogP contribution in [0.4, 0.5) is 4.79 Å². The molecule has 140 valence electrons. The highest BCUT2D eigenvalue weighted by Crippen LogP contribution is 2.24. The fourth-order valence-corrected chi connectivity index (χ4v) is 3.12. The molecule has 0 radical (unpaired) electrons. The number of piperazine rings is 1. The maximum Gasteiger partial charge on any atom is 0.410 e. The largest absolute Gasteiger partial charge is 0.444 e. The Bertz CT molecular complexity index is 410. The molecule has 0 aromatic carbocycles. The summed E-state index contributed by atoms with van der Waals surface area (Å²) in [5.74, 6) is 0.167. The van der Waals surface area contributed by atoms with Crippen LogP contribution in [0.2, 0.25) is 0 Å². The highest BCUT2D eigenvalue weighted by Gasteiger charge is 2.34. The second kappa shape index (κ2) is 9.37. The van der Waals surface area contributed by atoms with E-state index in [2.05, 4.69) is 17.1 Å². The van der Waals surface area contributed by atoms with E-state index in [0.29, 0.717) is 6.04 Å². The van der Waals surface area contributed by atoms with E-state index in [1.807, 2.05) is 25.7 Å². The number of amides is 1. The van der Waals surface area contributed by atoms with E-state index in [1.165, 1.54) is 13.8 Å². The lowest BCUT2D eigenvalue weighted by molar-refractivity contribution is -0.115. The van der Waals surface area contributed by atoms with E-state index < -0.39 is 5.60 Å². The van der Waals surface area contributed by atoms with Gasteiger partial charge in [-0.1, -0.05) is 0 Å². The number of carbonyl (C=O) groups is 2. The Morgan fingerprint density at radius 2 is 1.62 bits per heavy atom. The van der Waals surface area contributed by atoms with E-state index in [1.54, 1.807) is 0 Å². The standard InChI is InChI=1S/C15H29N3O2.C3H6O/c1-12-11-13(17-9-6-16-7-10-17)5-8-18(12)14(19)20-15(2,3)4;1-3(2)4/h12-13,16H,5-11H2,1-4H3;1-2H3. The highest BCUT2D eigenvalue weighted by molar-refractivity contribution is 5.72. The van der Waals surface area contributed by atoms with Crippen LogP contribution in [-0.4, -0.2) is 72.1 Å². The summed E-state index contributed by atoms with van der Waals surface area (Å²) in [5, 5.41) is 3.39. The second-order valence-electron chi connectivity index (χ2n) is 7.90. The molecular weight excluding hydrogens is 306 g/mol. The van der Waals surface area contributed by atoms with Crippen LogP contribution in [-0.2, 0) is 9.53 Å². The Balaban J connectivity index is 0.000000648. The summed E-state index contributed by atoms with van der Waals surface area (Å²) in [6.45, 7) is 16.2. The molecule has 2 saturated heterocycles. The number of ether oxygens (including phenoxy) is 1. The number of likely N-dealkylation sites (tertiary alicyclic amines) is 1. The summed E-state index contributed by atoms with van der Waals surface area (Å²) in [4.78, 5) is 26.1. The fourth-order valence-electron chi connectivity index (χ4n) is 3.12. The SMILES string of the molecule is CC(C)=O.CC1CC(N2CCNCC2)CCN1C(=O)OC(C)(C)C. The highest BCUT2D eigenvalue weighted by atomic mass is 16.6. The maximum atomic E-state index is 12.2. The van der Waals surface area contributed by atoms with Gasteiger partial charge in [0.05, 0.1) is 0 Å². The molecular formula is C18H35N3O3. The normalized spacial score (nSPS) is 25.5. The van der Waals surface area contributed by atoms with Gasteiger partial charge in [0.2, 0.25) is 0 Å². The molecule has 6 nitrogen and oxygen atoms in total. The summed E-state index contributed by atoms with van der Waals surface area (Å²) in [6.07, 6.45) is 1.95. The average molecular weight is 341 g/mol. The van der Waals surface area contributed by atoms with Crippen LogP contribution in [0.1, 0.15) is 54.4 Å². The van der Waals surface area contributed by atoms with Gasteiger partial charge in [-0.15, -0.1) is 0 Å². The first-order chi connectivity index (χ1) is 11.1. The van der Waals surface area contributed by atoms with Crippen LogP contribution in [0.3, 0.4) is 0 Å². The molecule has 6 heteroatoms.